The molecular formula is C99H61Br2N7O5S17. The van der Waals surface area contributed by atoms with Crippen LogP contribution in [0.5, 0.6) is 0 Å². The molecule has 9 heterocycles. The Balaban J connectivity index is 0.000000145. The molecule has 130 heavy (non-hydrogen) atoms. The predicted octanol–water partition coefficient (Wildman–Crippen LogP) is 29.9. The number of rotatable bonds is 8. The maximum Gasteiger partial charge on any atom is 0.141 e. The Hall–Kier alpha value is -10.4. The lowest BCUT2D eigenvalue weighted by Crippen LogP contribution is -2.11. The second-order valence-electron chi connectivity index (χ2n) is 28.9. The molecule has 24 aromatic rings. The van der Waals surface area contributed by atoms with Crippen molar-refractivity contribution in [3.05, 3.63) is 349 Å². The Labute approximate surface area is 816 Å². The molecule has 0 radical (unpaired) electrons. The number of hydrogen-bond donors (Lipinski definition) is 1. The van der Waals surface area contributed by atoms with E-state index in [1.165, 1.54) is 89.4 Å². The normalized spacial score (nSPS) is 11.1. The summed E-state index contributed by atoms with van der Waals surface area (Å²) in [7, 11) is 20.0. The minimum atomic E-state index is 0. The summed E-state index contributed by atoms with van der Waals surface area (Å²) < 4.78 is 32.9. The summed E-state index contributed by atoms with van der Waals surface area (Å²) in [4.78, 5) is 23.0. The number of para-hydroxylation sites is 3. The van der Waals surface area contributed by atoms with E-state index in [4.69, 9.17) is 32.1 Å². The number of hydrogen-bond acceptors (Lipinski definition) is 16. The Kier molecular flexibility index (Phi) is 27.8. The fraction of sp³-hybridized carbons (Fsp3) is 0.0101. The van der Waals surface area contributed by atoms with Crippen LogP contribution in [0.3, 0.4) is 0 Å². The second-order valence-corrected chi connectivity index (χ2v) is 53.6. The van der Waals surface area contributed by atoms with Gasteiger partial charge in [0.1, 0.15) is 76.7 Å². The van der Waals surface area contributed by atoms with E-state index in [0.717, 1.165) is 153 Å². The minimum absolute atomic E-state index is 0. The minimum Gasteiger partial charge on any atom is -0.456 e. The molecule has 15 aromatic carbocycles. The molecular weight excluding hydrogens is 2070 g/mol. The van der Waals surface area contributed by atoms with Gasteiger partial charge < -0.3 is 27.4 Å². The van der Waals surface area contributed by atoms with Gasteiger partial charge in [0.15, 0.2) is 0 Å². The largest absolute Gasteiger partial charge is 0.456 e. The van der Waals surface area contributed by atoms with Crippen molar-refractivity contribution < 1.29 is 22.1 Å². The second kappa shape index (κ2) is 40.7. The molecule has 9 aromatic heterocycles. The molecule has 0 aliphatic rings. The average molecular weight is 2130 g/mol. The maximum atomic E-state index is 6.86. The van der Waals surface area contributed by atoms with Gasteiger partial charge >= 0.3 is 0 Å². The zero-order chi connectivity index (χ0) is 87.3. The zero-order valence-electron chi connectivity index (χ0n) is 66.3. The van der Waals surface area contributed by atoms with Gasteiger partial charge in [0.05, 0.1) is 11.4 Å². The van der Waals surface area contributed by atoms with E-state index in [1.807, 2.05) is 91.3 Å². The highest BCUT2D eigenvalue weighted by atomic mass is 79.9. The first-order valence-corrected chi connectivity index (χ1v) is 60.9. The van der Waals surface area contributed by atoms with E-state index < -0.39 is 0 Å². The zero-order valence-corrected chi connectivity index (χ0v) is 83.3. The van der Waals surface area contributed by atoms with E-state index in [0.29, 0.717) is 22.8 Å². The number of halogens is 2. The smallest absolute Gasteiger partial charge is 0.141 e. The summed E-state index contributed by atoms with van der Waals surface area (Å²) in [6.07, 6.45) is 7.36. The highest BCUT2D eigenvalue weighted by Gasteiger charge is 2.24. The standard InChI is InChI=1S/C62H36N4O3.C26H17NO.C10H4Br2N2O.CH4.S9.S8/c1-3-11-45-37(9-1)17-19-39-29-41(21-25-47(39)45)65(43-23-27-51-49-13-5-7-15-55(49)67-57(51)31-43)61-33-59-53(35-63-61)54-36-64-62(34-60(54)69-59)66(44-24-28-52-50-14-6-8-16-56(50)68-58(52)32-44)42-22-26-48-40(30-42)20-18-38-10-2-4-12-46(38)48;1-2-6-21-17(5-1)9-10-18-15-19(11-13-22(18)21)27-20-12-14-24-23-7-3-4-8-25(23)28-26(24)16-20;11-9-1-7-5(3-13-9)6-4-14-10(12)2-8(6)15-7;;1-3-5-7-9-8-6-4-2;1-3-5-7-8-6-4-2/h1-36H;1-16,27H;1-4H;1H4;;. The highest BCUT2D eigenvalue weighted by Crippen LogP contribution is 2.46. The monoisotopic (exact) mass is 2130 g/mol. The lowest BCUT2D eigenvalue weighted by molar-refractivity contribution is 0.667. The predicted molar refractivity (Wildman–Crippen MR) is 598 cm³/mol. The molecule has 0 amide bonds. The van der Waals surface area contributed by atoms with Gasteiger partial charge in [0, 0.05) is 304 Å². The van der Waals surface area contributed by atoms with Crippen LogP contribution in [0.15, 0.2) is 372 Å². The van der Waals surface area contributed by atoms with Gasteiger partial charge in [-0.3, -0.25) is 9.80 Å². The van der Waals surface area contributed by atoms with Crippen molar-refractivity contribution in [2.45, 2.75) is 7.43 Å². The Bertz CT molecular complexity index is 8930. The molecule has 12 nitrogen and oxygen atoms in total. The van der Waals surface area contributed by atoms with Gasteiger partial charge in [-0.15, -0.1) is 0 Å². The summed E-state index contributed by atoms with van der Waals surface area (Å²) in [6, 6.07) is 110. The first kappa shape index (κ1) is 88.8. The van der Waals surface area contributed by atoms with Crippen molar-refractivity contribution in [2.75, 3.05) is 15.1 Å². The molecule has 31 heteroatoms. The number of anilines is 8. The maximum absolute atomic E-state index is 6.86. The van der Waals surface area contributed by atoms with Crippen LogP contribution in [0.1, 0.15) is 7.43 Å². The topological polar surface area (TPSA) is 136 Å². The molecule has 0 spiro atoms. The highest BCUT2D eigenvalue weighted by molar-refractivity contribution is 9.10. The van der Waals surface area contributed by atoms with Crippen LogP contribution in [0.4, 0.5) is 45.8 Å². The molecule has 0 saturated carbocycles. The summed E-state index contributed by atoms with van der Waals surface area (Å²) in [6.45, 7) is 0. The molecule has 0 aliphatic heterocycles. The van der Waals surface area contributed by atoms with Crippen molar-refractivity contribution in [3.8, 4) is 0 Å². The number of nitrogens with one attached hydrogen (secondary N) is 1. The quantitative estimate of drug-likeness (QED) is 0.114. The van der Waals surface area contributed by atoms with Crippen LogP contribution in [0.25, 0.3) is 174 Å². The Morgan fingerprint density at radius 2 is 0.485 bits per heavy atom. The lowest BCUT2D eigenvalue weighted by Gasteiger charge is -2.24. The molecule has 0 bridgehead atoms. The first-order valence-electron chi connectivity index (χ1n) is 39.3. The number of benzene rings is 15. The van der Waals surface area contributed by atoms with Crippen molar-refractivity contribution in [3.63, 3.8) is 0 Å². The third-order valence-corrected chi connectivity index (χ3v) is 47.1. The number of furan rings is 5. The van der Waals surface area contributed by atoms with Gasteiger partial charge in [0.2, 0.25) is 0 Å². The Morgan fingerprint density at radius 3 is 0.877 bits per heavy atom. The molecule has 24 rings (SSSR count). The van der Waals surface area contributed by atoms with Crippen molar-refractivity contribution >= 4 is 412 Å². The van der Waals surface area contributed by atoms with Crippen LogP contribution in [-0.2, 0) is 160 Å². The van der Waals surface area contributed by atoms with Crippen LogP contribution in [0.2, 0.25) is 0 Å². The number of fused-ring (bicyclic) bond motifs is 24. The van der Waals surface area contributed by atoms with Gasteiger partial charge in [-0.05, 0) is 187 Å². The van der Waals surface area contributed by atoms with Crippen LogP contribution in [0, 0.1) is 0 Å². The van der Waals surface area contributed by atoms with E-state index in [-0.39, 0.29) is 7.43 Å². The molecule has 0 fully saturated rings. The third kappa shape index (κ3) is 18.8. The third-order valence-electron chi connectivity index (χ3n) is 21.8. The summed E-state index contributed by atoms with van der Waals surface area (Å²) in [5, 5.41) is 28.4. The van der Waals surface area contributed by atoms with Crippen LogP contribution >= 0.6 is 31.9 Å². The van der Waals surface area contributed by atoms with Crippen molar-refractivity contribution in [1.29, 1.82) is 0 Å². The van der Waals surface area contributed by atoms with E-state index in [2.05, 4.69) is 338 Å². The van der Waals surface area contributed by atoms with Crippen molar-refractivity contribution in [2.24, 2.45) is 0 Å². The Morgan fingerprint density at radius 1 is 0.223 bits per heavy atom. The van der Waals surface area contributed by atoms with E-state index >= 15 is 0 Å². The SMILES string of the molecule is Brc1cc2oc3cc(Br)ncc3c2cn1.C.S=S=S=S=S=S=S=S.S=S=S=S=S=S=S=S=S.c1ccc2c(c1)ccc1cc(N(c3ccc4c(c3)oc3ccccc34)c3cc4oc5cc(N(c6ccc7c(ccc8ccccc87)c6)c6ccc7c(c6)oc6ccccc67)ncc5c4cn3)ccc12.c1ccc2c(c1)ccc1cc(Nc3ccc4c(c3)oc3ccccc34)ccc12. The van der Waals surface area contributed by atoms with Crippen LogP contribution in [-0.4, -0.2) is 19.9 Å². The molecule has 0 aliphatic carbocycles. The average Bonchev–Trinajstić information content (AvgIpc) is 1.42. The summed E-state index contributed by atoms with van der Waals surface area (Å²) in [5.41, 5.74) is 14.0. The number of pyridine rings is 4. The molecule has 1 N–H and O–H groups in total. The fourth-order valence-corrected chi connectivity index (χ4v) is 41.6. The van der Waals surface area contributed by atoms with E-state index in [1.54, 1.807) is 92.3 Å². The molecule has 0 saturated heterocycles. The lowest BCUT2D eigenvalue weighted by atomic mass is 10.0. The fourth-order valence-electron chi connectivity index (χ4n) is 16.3. The molecule has 0 unspecified atom stereocenters. The van der Waals surface area contributed by atoms with Crippen molar-refractivity contribution in [1.82, 2.24) is 19.9 Å². The molecule has 0 atom stereocenters. The summed E-state index contributed by atoms with van der Waals surface area (Å²) >= 11 is 25.1. The van der Waals surface area contributed by atoms with Crippen LogP contribution < -0.4 is 15.1 Å². The number of nitrogens with zero attached hydrogens (tertiary/aromatic N) is 6. The van der Waals surface area contributed by atoms with Gasteiger partial charge in [-0.2, -0.15) is 0 Å². The number of aromatic nitrogens is 4. The van der Waals surface area contributed by atoms with Gasteiger partial charge in [-0.25, -0.2) is 19.9 Å². The van der Waals surface area contributed by atoms with Gasteiger partial charge in [-0.1, -0.05) is 189 Å². The summed E-state index contributed by atoms with van der Waals surface area (Å²) in [5.74, 6) is 1.41. The van der Waals surface area contributed by atoms with Gasteiger partial charge in [0.25, 0.3) is 0 Å². The molecule has 638 valence electrons. The van der Waals surface area contributed by atoms with E-state index in [9.17, 15) is 0 Å². The first-order chi connectivity index (χ1) is 63.6.